The third kappa shape index (κ3) is 1.67. The zero-order chi connectivity index (χ0) is 11.0. The molecule has 2 nitrogen and oxygen atoms in total. The fourth-order valence-electron chi connectivity index (χ4n) is 2.87. The first-order chi connectivity index (χ1) is 7.84. The second-order valence-corrected chi connectivity index (χ2v) is 4.93. The molecule has 84 valence electrons. The molecule has 0 N–H and O–H groups in total. The second kappa shape index (κ2) is 4.02. The van der Waals surface area contributed by atoms with Crippen LogP contribution in [0.25, 0.3) is 0 Å². The molecule has 0 radical (unpaired) electrons. The van der Waals surface area contributed by atoms with Crippen molar-refractivity contribution in [3.05, 3.63) is 41.7 Å². The standard InChI is InChI=1S/C14H17NO/c1-10-4-5-11-7-13(10)14(16-9-11)12-3-2-6-15-8-12/h2-4,6,8,11,13-14H,5,7,9H2,1H3/t11-,13-,14?/m0/s1. The van der Waals surface area contributed by atoms with Crippen molar-refractivity contribution in [2.75, 3.05) is 6.61 Å². The minimum atomic E-state index is 0.224. The number of pyridine rings is 1. The number of aromatic nitrogens is 1. The van der Waals surface area contributed by atoms with Gasteiger partial charge < -0.3 is 4.74 Å². The number of hydrogen-bond donors (Lipinski definition) is 0. The zero-order valence-corrected chi connectivity index (χ0v) is 9.60. The monoisotopic (exact) mass is 215 g/mol. The van der Waals surface area contributed by atoms with E-state index in [4.69, 9.17) is 4.74 Å². The van der Waals surface area contributed by atoms with Crippen LogP contribution < -0.4 is 0 Å². The van der Waals surface area contributed by atoms with Gasteiger partial charge in [-0.15, -0.1) is 0 Å². The van der Waals surface area contributed by atoms with Crippen molar-refractivity contribution in [3.8, 4) is 0 Å². The van der Waals surface area contributed by atoms with Crippen LogP contribution >= 0.6 is 0 Å². The van der Waals surface area contributed by atoms with Crippen LogP contribution in [0.4, 0.5) is 0 Å². The largest absolute Gasteiger partial charge is 0.373 e. The Hall–Kier alpha value is -1.15. The fraction of sp³-hybridized carbons (Fsp3) is 0.500. The summed E-state index contributed by atoms with van der Waals surface area (Å²) < 4.78 is 6.02. The van der Waals surface area contributed by atoms with Crippen molar-refractivity contribution in [2.24, 2.45) is 11.8 Å². The molecule has 1 unspecified atom stereocenters. The van der Waals surface area contributed by atoms with E-state index < -0.39 is 0 Å². The van der Waals surface area contributed by atoms with E-state index in [0.29, 0.717) is 5.92 Å². The Bertz CT molecular complexity index is 398. The summed E-state index contributed by atoms with van der Waals surface area (Å²) in [6.07, 6.45) is 8.85. The van der Waals surface area contributed by atoms with Gasteiger partial charge in [-0.3, -0.25) is 4.98 Å². The van der Waals surface area contributed by atoms with Crippen LogP contribution in [0.15, 0.2) is 36.2 Å². The molecule has 2 bridgehead atoms. The Morgan fingerprint density at radius 3 is 3.19 bits per heavy atom. The molecule has 2 heteroatoms. The lowest BCUT2D eigenvalue weighted by Gasteiger charge is -2.39. The fourth-order valence-corrected chi connectivity index (χ4v) is 2.87. The van der Waals surface area contributed by atoms with Gasteiger partial charge in [0, 0.05) is 18.3 Å². The van der Waals surface area contributed by atoms with Crippen molar-refractivity contribution in [1.82, 2.24) is 4.98 Å². The Labute approximate surface area is 96.3 Å². The molecule has 1 aliphatic heterocycles. The van der Waals surface area contributed by atoms with E-state index in [-0.39, 0.29) is 6.10 Å². The second-order valence-electron chi connectivity index (χ2n) is 4.93. The van der Waals surface area contributed by atoms with Gasteiger partial charge in [-0.25, -0.2) is 0 Å². The third-order valence-electron chi connectivity index (χ3n) is 3.84. The third-order valence-corrected chi connectivity index (χ3v) is 3.84. The van der Waals surface area contributed by atoms with E-state index in [0.717, 1.165) is 12.5 Å². The van der Waals surface area contributed by atoms with Gasteiger partial charge in [0.1, 0.15) is 0 Å². The molecule has 16 heavy (non-hydrogen) atoms. The molecule has 1 aromatic heterocycles. The molecule has 1 fully saturated rings. The lowest BCUT2D eigenvalue weighted by Crippen LogP contribution is -2.32. The normalized spacial score (nSPS) is 33.3. The zero-order valence-electron chi connectivity index (χ0n) is 9.60. The van der Waals surface area contributed by atoms with Crippen molar-refractivity contribution in [1.29, 1.82) is 0 Å². The Kier molecular flexibility index (Phi) is 2.52. The molecular formula is C14H17NO. The SMILES string of the molecule is CC1=CC[C@@H]2COC(c3cccnc3)[C@H]1C2. The molecular weight excluding hydrogens is 198 g/mol. The maximum atomic E-state index is 6.02. The number of allylic oxidation sites excluding steroid dienone is 1. The van der Waals surface area contributed by atoms with E-state index >= 15 is 0 Å². The number of hydrogen-bond acceptors (Lipinski definition) is 2. The highest BCUT2D eigenvalue weighted by molar-refractivity contribution is 5.21. The number of nitrogens with zero attached hydrogens (tertiary/aromatic N) is 1. The quantitative estimate of drug-likeness (QED) is 0.671. The Balaban J connectivity index is 1.91. The number of fused-ring (bicyclic) bond motifs is 2. The lowest BCUT2D eigenvalue weighted by atomic mass is 9.75. The summed E-state index contributed by atoms with van der Waals surface area (Å²) in [6.45, 7) is 3.14. The van der Waals surface area contributed by atoms with Crippen LogP contribution in [0.5, 0.6) is 0 Å². The van der Waals surface area contributed by atoms with Crippen molar-refractivity contribution in [3.63, 3.8) is 0 Å². The first kappa shape index (κ1) is 10.0. The molecule has 2 heterocycles. The molecule has 0 saturated carbocycles. The molecule has 0 spiro atoms. The van der Waals surface area contributed by atoms with Crippen molar-refractivity contribution < 1.29 is 4.74 Å². The van der Waals surface area contributed by atoms with Gasteiger partial charge in [0.05, 0.1) is 12.7 Å². The predicted octanol–water partition coefficient (Wildman–Crippen LogP) is 3.13. The molecule has 0 amide bonds. The molecule has 1 saturated heterocycles. The number of ether oxygens (including phenoxy) is 1. The molecule has 1 aliphatic carbocycles. The average Bonchev–Trinajstić information content (AvgIpc) is 2.36. The Morgan fingerprint density at radius 2 is 2.38 bits per heavy atom. The van der Waals surface area contributed by atoms with Gasteiger partial charge in [0.2, 0.25) is 0 Å². The highest BCUT2D eigenvalue weighted by atomic mass is 16.5. The average molecular weight is 215 g/mol. The van der Waals surface area contributed by atoms with Crippen LogP contribution in [0.3, 0.4) is 0 Å². The first-order valence-corrected chi connectivity index (χ1v) is 6.03. The minimum absolute atomic E-state index is 0.224. The van der Waals surface area contributed by atoms with E-state index in [1.165, 1.54) is 24.0 Å². The maximum Gasteiger partial charge on any atom is 0.0905 e. The Morgan fingerprint density at radius 1 is 1.44 bits per heavy atom. The van der Waals surface area contributed by atoms with Crippen LogP contribution in [-0.2, 0) is 4.74 Å². The predicted molar refractivity (Wildman–Crippen MR) is 62.9 cm³/mol. The summed E-state index contributed by atoms with van der Waals surface area (Å²) in [5.74, 6) is 1.30. The van der Waals surface area contributed by atoms with Gasteiger partial charge >= 0.3 is 0 Å². The molecule has 2 aliphatic rings. The van der Waals surface area contributed by atoms with Gasteiger partial charge in [-0.1, -0.05) is 17.7 Å². The summed E-state index contributed by atoms with van der Waals surface area (Å²) in [5, 5.41) is 0. The van der Waals surface area contributed by atoms with Crippen LogP contribution in [0, 0.1) is 11.8 Å². The van der Waals surface area contributed by atoms with E-state index in [9.17, 15) is 0 Å². The highest BCUT2D eigenvalue weighted by Gasteiger charge is 2.35. The lowest BCUT2D eigenvalue weighted by molar-refractivity contribution is -0.0514. The maximum absolute atomic E-state index is 6.02. The molecule has 3 rings (SSSR count). The first-order valence-electron chi connectivity index (χ1n) is 6.03. The van der Waals surface area contributed by atoms with E-state index in [2.05, 4.69) is 24.1 Å². The van der Waals surface area contributed by atoms with E-state index in [1.807, 2.05) is 18.5 Å². The molecule has 1 aromatic rings. The van der Waals surface area contributed by atoms with Crippen molar-refractivity contribution in [2.45, 2.75) is 25.9 Å². The topological polar surface area (TPSA) is 22.1 Å². The van der Waals surface area contributed by atoms with Gasteiger partial charge in [0.15, 0.2) is 0 Å². The van der Waals surface area contributed by atoms with Crippen LogP contribution in [-0.4, -0.2) is 11.6 Å². The van der Waals surface area contributed by atoms with Crippen molar-refractivity contribution >= 4 is 0 Å². The summed E-state index contributed by atoms with van der Waals surface area (Å²) >= 11 is 0. The van der Waals surface area contributed by atoms with Gasteiger partial charge in [0.25, 0.3) is 0 Å². The molecule has 0 aromatic carbocycles. The number of rotatable bonds is 1. The summed E-state index contributed by atoms with van der Waals surface area (Å²) in [5.41, 5.74) is 2.71. The summed E-state index contributed by atoms with van der Waals surface area (Å²) in [4.78, 5) is 4.19. The van der Waals surface area contributed by atoms with Crippen LogP contribution in [0.2, 0.25) is 0 Å². The van der Waals surface area contributed by atoms with Gasteiger partial charge in [-0.2, -0.15) is 0 Å². The summed E-state index contributed by atoms with van der Waals surface area (Å²) in [7, 11) is 0. The van der Waals surface area contributed by atoms with E-state index in [1.54, 1.807) is 0 Å². The summed E-state index contributed by atoms with van der Waals surface area (Å²) in [6, 6.07) is 4.12. The molecule has 3 atom stereocenters. The highest BCUT2D eigenvalue weighted by Crippen LogP contribution is 2.43. The van der Waals surface area contributed by atoms with Gasteiger partial charge in [-0.05, 0) is 37.3 Å². The van der Waals surface area contributed by atoms with Crippen LogP contribution in [0.1, 0.15) is 31.4 Å². The minimum Gasteiger partial charge on any atom is -0.373 e. The smallest absolute Gasteiger partial charge is 0.0905 e.